The fourth-order valence-corrected chi connectivity index (χ4v) is 5.14. The Balaban J connectivity index is 1.59. The molecular formula is C22H28FN3O3S. The van der Waals surface area contributed by atoms with Gasteiger partial charge in [0.2, 0.25) is 15.9 Å². The molecule has 0 spiro atoms. The van der Waals surface area contributed by atoms with Gasteiger partial charge in [-0.05, 0) is 42.2 Å². The molecule has 2 aromatic carbocycles. The Morgan fingerprint density at radius 2 is 1.60 bits per heavy atom. The van der Waals surface area contributed by atoms with Crippen LogP contribution >= 0.6 is 0 Å². The molecule has 1 heterocycles. The number of hydrogen-bond acceptors (Lipinski definition) is 4. The molecule has 3 rings (SSSR count). The summed E-state index contributed by atoms with van der Waals surface area (Å²) >= 11 is 0. The van der Waals surface area contributed by atoms with Crippen LogP contribution in [0.1, 0.15) is 25.0 Å². The van der Waals surface area contributed by atoms with Gasteiger partial charge < -0.3 is 5.32 Å². The van der Waals surface area contributed by atoms with Gasteiger partial charge in [-0.3, -0.25) is 9.69 Å². The Bertz CT molecular complexity index is 980. The number of carbonyl (C=O) groups excluding carboxylic acids is 1. The lowest BCUT2D eigenvalue weighted by atomic mass is 10.0. The number of para-hydroxylation sites is 1. The summed E-state index contributed by atoms with van der Waals surface area (Å²) in [5.41, 5.74) is 3.10. The first-order valence-corrected chi connectivity index (χ1v) is 11.7. The Morgan fingerprint density at radius 3 is 2.17 bits per heavy atom. The highest BCUT2D eigenvalue weighted by Crippen LogP contribution is 2.23. The van der Waals surface area contributed by atoms with Gasteiger partial charge >= 0.3 is 0 Å². The average Bonchev–Trinajstić information content (AvgIpc) is 2.74. The van der Waals surface area contributed by atoms with E-state index in [4.69, 9.17) is 0 Å². The summed E-state index contributed by atoms with van der Waals surface area (Å²) in [4.78, 5) is 14.5. The summed E-state index contributed by atoms with van der Waals surface area (Å²) in [6.45, 7) is 5.73. The van der Waals surface area contributed by atoms with Crippen LogP contribution in [0.4, 0.5) is 10.1 Å². The fraction of sp³-hybridized carbons (Fsp3) is 0.409. The largest absolute Gasteiger partial charge is 0.324 e. The van der Waals surface area contributed by atoms with Crippen molar-refractivity contribution >= 4 is 21.6 Å². The van der Waals surface area contributed by atoms with Gasteiger partial charge in [-0.2, -0.15) is 4.31 Å². The molecule has 1 saturated heterocycles. The Labute approximate surface area is 177 Å². The predicted octanol–water partition coefficient (Wildman–Crippen LogP) is 2.90. The summed E-state index contributed by atoms with van der Waals surface area (Å²) < 4.78 is 40.2. The van der Waals surface area contributed by atoms with E-state index in [2.05, 4.69) is 19.2 Å². The monoisotopic (exact) mass is 433 g/mol. The van der Waals surface area contributed by atoms with Crippen molar-refractivity contribution in [2.75, 3.05) is 38.0 Å². The predicted molar refractivity (Wildman–Crippen MR) is 115 cm³/mol. The number of nitrogens with zero attached hydrogens (tertiary/aromatic N) is 2. The molecule has 0 atom stereocenters. The van der Waals surface area contributed by atoms with E-state index in [-0.39, 0.29) is 30.4 Å². The number of nitrogens with one attached hydrogen (secondary N) is 1. The lowest BCUT2D eigenvalue weighted by Crippen LogP contribution is -2.50. The maximum atomic E-state index is 13.4. The van der Waals surface area contributed by atoms with E-state index in [9.17, 15) is 17.6 Å². The van der Waals surface area contributed by atoms with Crippen molar-refractivity contribution in [3.8, 4) is 0 Å². The zero-order valence-electron chi connectivity index (χ0n) is 17.4. The van der Waals surface area contributed by atoms with Gasteiger partial charge in [0, 0.05) is 31.9 Å². The summed E-state index contributed by atoms with van der Waals surface area (Å²) in [7, 11) is -3.74. The maximum Gasteiger partial charge on any atom is 0.243 e. The second-order valence-electron chi connectivity index (χ2n) is 7.34. The SMILES string of the molecule is CCc1cccc(CC)c1NC(=O)CN1CCN(S(=O)(=O)c2cccc(F)c2)CC1. The molecule has 30 heavy (non-hydrogen) atoms. The third kappa shape index (κ3) is 5.06. The van der Waals surface area contributed by atoms with E-state index in [1.807, 2.05) is 23.1 Å². The quantitative estimate of drug-likeness (QED) is 0.729. The van der Waals surface area contributed by atoms with E-state index in [1.54, 1.807) is 0 Å². The van der Waals surface area contributed by atoms with Crippen molar-refractivity contribution in [1.82, 2.24) is 9.21 Å². The minimum atomic E-state index is -3.74. The molecule has 1 amide bonds. The zero-order chi connectivity index (χ0) is 21.7. The van der Waals surface area contributed by atoms with Crippen LogP contribution < -0.4 is 5.32 Å². The summed E-state index contributed by atoms with van der Waals surface area (Å²) in [6.07, 6.45) is 1.67. The van der Waals surface area contributed by atoms with Gasteiger partial charge in [-0.1, -0.05) is 38.1 Å². The summed E-state index contributed by atoms with van der Waals surface area (Å²) in [6, 6.07) is 11.1. The smallest absolute Gasteiger partial charge is 0.243 e. The van der Waals surface area contributed by atoms with Crippen LogP contribution in [0.25, 0.3) is 0 Å². The third-order valence-corrected chi connectivity index (χ3v) is 7.29. The number of amides is 1. The number of carbonyl (C=O) groups is 1. The normalized spacial score (nSPS) is 15.8. The van der Waals surface area contributed by atoms with Crippen LogP contribution in [0.3, 0.4) is 0 Å². The molecule has 0 saturated carbocycles. The molecule has 0 radical (unpaired) electrons. The van der Waals surface area contributed by atoms with Crippen molar-refractivity contribution in [1.29, 1.82) is 0 Å². The molecule has 0 aromatic heterocycles. The molecular weight excluding hydrogens is 405 g/mol. The van der Waals surface area contributed by atoms with Gasteiger partial charge in [0.15, 0.2) is 0 Å². The minimum Gasteiger partial charge on any atom is -0.324 e. The molecule has 162 valence electrons. The second kappa shape index (κ2) is 9.68. The number of aryl methyl sites for hydroxylation is 2. The summed E-state index contributed by atoms with van der Waals surface area (Å²) in [5, 5.41) is 3.05. The molecule has 0 unspecified atom stereocenters. The van der Waals surface area contributed by atoms with Crippen molar-refractivity contribution in [3.05, 3.63) is 59.4 Å². The second-order valence-corrected chi connectivity index (χ2v) is 9.28. The number of hydrogen-bond donors (Lipinski definition) is 1. The molecule has 0 bridgehead atoms. The molecule has 1 aliphatic rings. The number of halogens is 1. The lowest BCUT2D eigenvalue weighted by Gasteiger charge is -2.33. The average molecular weight is 434 g/mol. The first kappa shape index (κ1) is 22.4. The molecule has 6 nitrogen and oxygen atoms in total. The van der Waals surface area contributed by atoms with Gasteiger partial charge in [0.1, 0.15) is 5.82 Å². The van der Waals surface area contributed by atoms with E-state index in [0.717, 1.165) is 35.7 Å². The van der Waals surface area contributed by atoms with Crippen molar-refractivity contribution in [2.24, 2.45) is 0 Å². The molecule has 1 aliphatic heterocycles. The molecule has 1 fully saturated rings. The van der Waals surface area contributed by atoms with Crippen molar-refractivity contribution < 1.29 is 17.6 Å². The molecule has 1 N–H and O–H groups in total. The van der Waals surface area contributed by atoms with Gasteiger partial charge in [-0.25, -0.2) is 12.8 Å². The number of piperazine rings is 1. The molecule has 2 aromatic rings. The highest BCUT2D eigenvalue weighted by Gasteiger charge is 2.29. The number of rotatable bonds is 7. The maximum absolute atomic E-state index is 13.4. The van der Waals surface area contributed by atoms with Crippen molar-refractivity contribution in [2.45, 2.75) is 31.6 Å². The van der Waals surface area contributed by atoms with E-state index < -0.39 is 15.8 Å². The first-order chi connectivity index (χ1) is 14.3. The fourth-order valence-electron chi connectivity index (χ4n) is 3.69. The van der Waals surface area contributed by atoms with Crippen LogP contribution in [-0.2, 0) is 27.7 Å². The van der Waals surface area contributed by atoms with Crippen LogP contribution in [0.2, 0.25) is 0 Å². The molecule has 8 heteroatoms. The Kier molecular flexibility index (Phi) is 7.23. The number of benzene rings is 2. The van der Waals surface area contributed by atoms with Crippen LogP contribution in [0, 0.1) is 5.82 Å². The van der Waals surface area contributed by atoms with Crippen LogP contribution in [-0.4, -0.2) is 56.3 Å². The first-order valence-electron chi connectivity index (χ1n) is 10.2. The minimum absolute atomic E-state index is 0.0445. The topological polar surface area (TPSA) is 69.7 Å². The van der Waals surface area contributed by atoms with E-state index >= 15 is 0 Å². The highest BCUT2D eigenvalue weighted by atomic mass is 32.2. The van der Waals surface area contributed by atoms with Crippen LogP contribution in [0.5, 0.6) is 0 Å². The van der Waals surface area contributed by atoms with Gasteiger partial charge in [0.05, 0.1) is 11.4 Å². The number of sulfonamides is 1. The lowest BCUT2D eigenvalue weighted by molar-refractivity contribution is -0.117. The highest BCUT2D eigenvalue weighted by molar-refractivity contribution is 7.89. The molecule has 0 aliphatic carbocycles. The van der Waals surface area contributed by atoms with E-state index in [0.29, 0.717) is 13.1 Å². The van der Waals surface area contributed by atoms with E-state index in [1.165, 1.54) is 22.5 Å². The Morgan fingerprint density at radius 1 is 1.00 bits per heavy atom. The van der Waals surface area contributed by atoms with Gasteiger partial charge in [-0.15, -0.1) is 0 Å². The van der Waals surface area contributed by atoms with Crippen LogP contribution in [0.15, 0.2) is 47.4 Å². The number of anilines is 1. The standard InChI is InChI=1S/C22H28FN3O3S/c1-3-17-7-5-8-18(4-2)22(17)24-21(27)16-25-11-13-26(14-12-25)30(28,29)20-10-6-9-19(23)15-20/h5-10,15H,3-4,11-14,16H2,1-2H3,(H,24,27). The zero-order valence-corrected chi connectivity index (χ0v) is 18.2. The summed E-state index contributed by atoms with van der Waals surface area (Å²) in [5.74, 6) is -0.683. The third-order valence-electron chi connectivity index (χ3n) is 5.40. The van der Waals surface area contributed by atoms with Gasteiger partial charge in [0.25, 0.3) is 0 Å². The Hall–Kier alpha value is -2.29. The van der Waals surface area contributed by atoms with Crippen molar-refractivity contribution in [3.63, 3.8) is 0 Å².